The van der Waals surface area contributed by atoms with Gasteiger partial charge in [0.25, 0.3) is 11.8 Å². The molecule has 2 amide bonds. The lowest BCUT2D eigenvalue weighted by molar-refractivity contribution is 0.0709. The zero-order valence-corrected chi connectivity index (χ0v) is 22.7. The highest BCUT2D eigenvalue weighted by Gasteiger charge is 2.29. The van der Waals surface area contributed by atoms with Crippen molar-refractivity contribution in [3.63, 3.8) is 0 Å². The summed E-state index contributed by atoms with van der Waals surface area (Å²) in [5, 5.41) is 5.89. The molecule has 1 aromatic heterocycles. The third-order valence-corrected chi connectivity index (χ3v) is 8.55. The molecule has 1 N–H and O–H groups in total. The Balaban J connectivity index is 1.11. The molecule has 3 aromatic carbocycles. The number of carbonyl (C=O) groups is 2. The SMILES string of the molecule is CN(C(=O)c1ccc2c(c1)C(NC(=O)c1ccccc1Cl)CC2)C1CCN(c2ccc3cnccc3c2)CC1. The number of piperidine rings is 1. The molecule has 6 rings (SSSR count). The summed E-state index contributed by atoms with van der Waals surface area (Å²) in [5.41, 5.74) is 4.55. The van der Waals surface area contributed by atoms with Gasteiger partial charge < -0.3 is 15.1 Å². The molecule has 1 saturated heterocycles. The van der Waals surface area contributed by atoms with Gasteiger partial charge in [-0.25, -0.2) is 0 Å². The molecular formula is C32H31ClN4O2. The number of amides is 2. The van der Waals surface area contributed by atoms with Crippen LogP contribution in [0.2, 0.25) is 5.02 Å². The van der Waals surface area contributed by atoms with E-state index in [-0.39, 0.29) is 23.9 Å². The summed E-state index contributed by atoms with van der Waals surface area (Å²) < 4.78 is 0. The van der Waals surface area contributed by atoms with Gasteiger partial charge >= 0.3 is 0 Å². The maximum absolute atomic E-state index is 13.5. The molecule has 0 bridgehead atoms. The topological polar surface area (TPSA) is 65.5 Å². The number of rotatable bonds is 5. The maximum Gasteiger partial charge on any atom is 0.253 e. The number of pyridine rings is 1. The summed E-state index contributed by atoms with van der Waals surface area (Å²) in [6.07, 6.45) is 7.22. The molecule has 1 atom stereocenters. The minimum atomic E-state index is -0.192. The van der Waals surface area contributed by atoms with E-state index in [1.54, 1.807) is 18.2 Å². The molecule has 4 aromatic rings. The summed E-state index contributed by atoms with van der Waals surface area (Å²) >= 11 is 6.23. The second-order valence-corrected chi connectivity index (χ2v) is 10.9. The van der Waals surface area contributed by atoms with Crippen molar-refractivity contribution in [3.8, 4) is 0 Å². The molecular weight excluding hydrogens is 508 g/mol. The molecule has 198 valence electrons. The highest BCUT2D eigenvalue weighted by Crippen LogP contribution is 2.33. The average Bonchev–Trinajstić information content (AvgIpc) is 3.38. The first-order chi connectivity index (χ1) is 19.0. The predicted octanol–water partition coefficient (Wildman–Crippen LogP) is 6.05. The minimum absolute atomic E-state index is 0.0255. The number of hydrogen-bond acceptors (Lipinski definition) is 4. The van der Waals surface area contributed by atoms with Crippen LogP contribution in [0, 0.1) is 0 Å². The summed E-state index contributed by atoms with van der Waals surface area (Å²) in [4.78, 5) is 34.9. The van der Waals surface area contributed by atoms with Gasteiger partial charge in [-0.2, -0.15) is 0 Å². The number of hydrogen-bond donors (Lipinski definition) is 1. The Morgan fingerprint density at radius 3 is 2.62 bits per heavy atom. The van der Waals surface area contributed by atoms with Crippen molar-refractivity contribution >= 4 is 39.9 Å². The second kappa shape index (κ2) is 10.7. The zero-order valence-electron chi connectivity index (χ0n) is 21.9. The molecule has 39 heavy (non-hydrogen) atoms. The van der Waals surface area contributed by atoms with Crippen LogP contribution in [0.3, 0.4) is 0 Å². The number of carbonyl (C=O) groups excluding carboxylic acids is 2. The van der Waals surface area contributed by atoms with Gasteiger partial charge in [0.1, 0.15) is 0 Å². The van der Waals surface area contributed by atoms with Gasteiger partial charge in [0.15, 0.2) is 0 Å². The van der Waals surface area contributed by atoms with Gasteiger partial charge in [0, 0.05) is 55.2 Å². The third-order valence-electron chi connectivity index (χ3n) is 8.22. The summed E-state index contributed by atoms with van der Waals surface area (Å²) in [7, 11) is 1.91. The number of benzene rings is 3. The van der Waals surface area contributed by atoms with Crippen molar-refractivity contribution in [2.75, 3.05) is 25.0 Å². The van der Waals surface area contributed by atoms with E-state index in [2.05, 4.69) is 33.4 Å². The van der Waals surface area contributed by atoms with Crippen LogP contribution >= 0.6 is 11.6 Å². The molecule has 0 radical (unpaired) electrons. The van der Waals surface area contributed by atoms with Crippen molar-refractivity contribution < 1.29 is 9.59 Å². The van der Waals surface area contributed by atoms with Gasteiger partial charge in [-0.05, 0) is 84.7 Å². The molecule has 1 fully saturated rings. The Morgan fingerprint density at radius 2 is 1.79 bits per heavy atom. The Kier molecular flexibility index (Phi) is 6.96. The number of nitrogens with zero attached hydrogens (tertiary/aromatic N) is 3. The van der Waals surface area contributed by atoms with E-state index in [0.29, 0.717) is 16.1 Å². The predicted molar refractivity (Wildman–Crippen MR) is 155 cm³/mol. The lowest BCUT2D eigenvalue weighted by Gasteiger charge is -2.38. The molecule has 0 spiro atoms. The molecule has 1 aliphatic heterocycles. The van der Waals surface area contributed by atoms with Crippen LogP contribution in [0.25, 0.3) is 10.8 Å². The average molecular weight is 539 g/mol. The van der Waals surface area contributed by atoms with Crippen LogP contribution in [0.5, 0.6) is 0 Å². The van der Waals surface area contributed by atoms with Crippen LogP contribution in [0.4, 0.5) is 5.69 Å². The number of fused-ring (bicyclic) bond motifs is 2. The van der Waals surface area contributed by atoms with E-state index in [1.807, 2.05) is 54.7 Å². The fourth-order valence-corrected chi connectivity index (χ4v) is 6.14. The highest BCUT2D eigenvalue weighted by atomic mass is 35.5. The third kappa shape index (κ3) is 5.09. The normalized spacial score (nSPS) is 17.2. The Labute approximate surface area is 233 Å². The van der Waals surface area contributed by atoms with Crippen molar-refractivity contribution in [3.05, 3.63) is 106 Å². The number of halogens is 1. The van der Waals surface area contributed by atoms with Crippen molar-refractivity contribution in [1.82, 2.24) is 15.2 Å². The Hall–Kier alpha value is -3.90. The number of aromatic nitrogens is 1. The number of nitrogens with one attached hydrogen (secondary N) is 1. The summed E-state index contributed by atoms with van der Waals surface area (Å²) in [6.45, 7) is 1.80. The highest BCUT2D eigenvalue weighted by molar-refractivity contribution is 6.33. The fraction of sp³-hybridized carbons (Fsp3) is 0.281. The standard InChI is InChI=1S/C32H31ClN4O2/c1-36(25-13-16-37(17-14-25)26-10-8-24-20-34-15-12-22(24)18-26)32(39)23-7-6-21-9-11-30(28(21)19-23)35-31(38)27-4-2-3-5-29(27)33/h2-8,10,12,15,18-20,25,30H,9,11,13-14,16-17H2,1H3,(H,35,38). The summed E-state index contributed by atoms with van der Waals surface area (Å²) in [6, 6.07) is 21.6. The van der Waals surface area contributed by atoms with Crippen molar-refractivity contribution in [2.45, 2.75) is 37.8 Å². The van der Waals surface area contributed by atoms with E-state index < -0.39 is 0 Å². The first-order valence-corrected chi connectivity index (χ1v) is 13.9. The monoisotopic (exact) mass is 538 g/mol. The van der Waals surface area contributed by atoms with E-state index in [9.17, 15) is 9.59 Å². The van der Waals surface area contributed by atoms with Gasteiger partial charge in [-0.1, -0.05) is 35.9 Å². The van der Waals surface area contributed by atoms with Crippen LogP contribution in [-0.4, -0.2) is 47.9 Å². The Morgan fingerprint density at radius 1 is 0.974 bits per heavy atom. The molecule has 0 saturated carbocycles. The summed E-state index contributed by atoms with van der Waals surface area (Å²) in [5.74, 6) is -0.167. The molecule has 2 aliphatic rings. The van der Waals surface area contributed by atoms with Crippen LogP contribution in [-0.2, 0) is 6.42 Å². The number of anilines is 1. The largest absolute Gasteiger partial charge is 0.371 e. The molecule has 7 heteroatoms. The number of aryl methyl sites for hydroxylation is 1. The van der Waals surface area contributed by atoms with Crippen LogP contribution in [0.1, 0.15) is 57.1 Å². The van der Waals surface area contributed by atoms with Crippen LogP contribution in [0.15, 0.2) is 79.1 Å². The lowest BCUT2D eigenvalue weighted by atomic mass is 9.99. The van der Waals surface area contributed by atoms with Crippen LogP contribution < -0.4 is 10.2 Å². The minimum Gasteiger partial charge on any atom is -0.371 e. The first kappa shape index (κ1) is 25.4. The zero-order chi connectivity index (χ0) is 26.9. The van der Waals surface area contributed by atoms with Gasteiger partial charge in [0.2, 0.25) is 0 Å². The van der Waals surface area contributed by atoms with E-state index in [0.717, 1.165) is 49.7 Å². The first-order valence-electron chi connectivity index (χ1n) is 13.5. The fourth-order valence-electron chi connectivity index (χ4n) is 5.91. The van der Waals surface area contributed by atoms with Crippen molar-refractivity contribution in [2.24, 2.45) is 0 Å². The lowest BCUT2D eigenvalue weighted by Crippen LogP contribution is -2.45. The van der Waals surface area contributed by atoms with E-state index in [1.165, 1.54) is 16.6 Å². The molecule has 2 heterocycles. The Bertz CT molecular complexity index is 1550. The molecule has 6 nitrogen and oxygen atoms in total. The molecule has 1 unspecified atom stereocenters. The van der Waals surface area contributed by atoms with Gasteiger partial charge in [-0.3, -0.25) is 14.6 Å². The van der Waals surface area contributed by atoms with Gasteiger partial charge in [0.05, 0.1) is 16.6 Å². The van der Waals surface area contributed by atoms with Crippen molar-refractivity contribution in [1.29, 1.82) is 0 Å². The quantitative estimate of drug-likeness (QED) is 0.336. The van der Waals surface area contributed by atoms with Gasteiger partial charge in [-0.15, -0.1) is 0 Å². The maximum atomic E-state index is 13.5. The second-order valence-electron chi connectivity index (χ2n) is 10.5. The smallest absolute Gasteiger partial charge is 0.253 e. The molecule has 1 aliphatic carbocycles. The van der Waals surface area contributed by atoms with E-state index >= 15 is 0 Å². The van der Waals surface area contributed by atoms with E-state index in [4.69, 9.17) is 11.6 Å².